The van der Waals surface area contributed by atoms with E-state index in [1.165, 1.54) is 6.92 Å². The van der Waals surface area contributed by atoms with Crippen molar-refractivity contribution in [3.8, 4) is 33.4 Å². The molecule has 1 aliphatic carbocycles. The van der Waals surface area contributed by atoms with Gasteiger partial charge in [0.25, 0.3) is 0 Å². The fraction of sp³-hybridized carbons (Fsp3) is 0.0952. The van der Waals surface area contributed by atoms with Crippen LogP contribution in [0.1, 0.15) is 49.7 Å². The molecule has 8 aromatic rings. The minimum Gasteiger partial charge on any atom is -0.456 e. The molecule has 1 heteroatoms. The molecular formula is C42H30O. The second-order valence-electron chi connectivity index (χ2n) is 11.4. The van der Waals surface area contributed by atoms with Crippen LogP contribution in [0.15, 0.2) is 131 Å². The number of rotatable bonds is 2. The van der Waals surface area contributed by atoms with E-state index in [-0.39, 0.29) is 90.2 Å². The van der Waals surface area contributed by atoms with E-state index in [1.807, 2.05) is 12.1 Å². The summed E-state index contributed by atoms with van der Waals surface area (Å²) >= 11 is 0. The van der Waals surface area contributed by atoms with Crippen molar-refractivity contribution < 1.29 is 23.6 Å². The molecule has 0 radical (unpaired) electrons. The lowest BCUT2D eigenvalue weighted by atomic mass is 9.80. The fourth-order valence-corrected chi connectivity index (χ4v) is 6.72. The molecule has 7 aromatic carbocycles. The van der Waals surface area contributed by atoms with Gasteiger partial charge in [0.05, 0.1) is 19.2 Å². The minimum absolute atomic E-state index is 0.0701. The zero-order valence-electron chi connectivity index (χ0n) is 37.4. The van der Waals surface area contributed by atoms with Crippen LogP contribution in [0.5, 0.6) is 0 Å². The topological polar surface area (TPSA) is 13.1 Å². The van der Waals surface area contributed by atoms with Gasteiger partial charge in [-0.05, 0) is 85.1 Å². The fourth-order valence-electron chi connectivity index (χ4n) is 6.72. The summed E-state index contributed by atoms with van der Waals surface area (Å²) in [5, 5.41) is 0.597. The monoisotopic (exact) mass is 564 g/mol. The van der Waals surface area contributed by atoms with Gasteiger partial charge in [0.1, 0.15) is 11.2 Å². The van der Waals surface area contributed by atoms with Gasteiger partial charge in [-0.15, -0.1) is 0 Å². The van der Waals surface area contributed by atoms with Crippen molar-refractivity contribution in [3.05, 3.63) is 144 Å². The number of fused-ring (bicyclic) bond motifs is 8. The maximum Gasteiger partial charge on any atom is 0.136 e. The predicted octanol–water partition coefficient (Wildman–Crippen LogP) is 11.8. The normalized spacial score (nSPS) is 18.2. The molecule has 0 fully saturated rings. The Morgan fingerprint density at radius 1 is 0.535 bits per heavy atom. The van der Waals surface area contributed by atoms with Gasteiger partial charge >= 0.3 is 0 Å². The molecule has 0 aliphatic heterocycles. The minimum atomic E-state index is -1.27. The average molecular weight is 565 g/mol. The highest BCUT2D eigenvalue weighted by molar-refractivity contribution is 6.26. The Morgan fingerprint density at radius 2 is 1.19 bits per heavy atom. The lowest BCUT2D eigenvalue weighted by Gasteiger charge is -2.22. The Bertz CT molecular complexity index is 3130. The van der Waals surface area contributed by atoms with Crippen molar-refractivity contribution >= 4 is 43.5 Å². The summed E-state index contributed by atoms with van der Waals surface area (Å²) in [5.74, 6) is 0. The smallest absolute Gasteiger partial charge is 0.136 e. The van der Waals surface area contributed by atoms with Crippen LogP contribution in [0.3, 0.4) is 0 Å². The molecule has 0 saturated heterocycles. The van der Waals surface area contributed by atoms with Crippen molar-refractivity contribution in [2.45, 2.75) is 26.2 Å². The first kappa shape index (κ1) is 14.4. The molecule has 0 atom stereocenters. The van der Waals surface area contributed by atoms with E-state index in [1.54, 1.807) is 44.2 Å². The zero-order chi connectivity index (χ0) is 41.1. The van der Waals surface area contributed by atoms with Crippen molar-refractivity contribution in [3.63, 3.8) is 0 Å². The molecule has 0 spiro atoms. The number of benzene rings is 7. The highest BCUT2D eigenvalue weighted by Crippen LogP contribution is 2.55. The van der Waals surface area contributed by atoms with Crippen molar-refractivity contribution in [1.29, 1.82) is 0 Å². The van der Waals surface area contributed by atoms with Gasteiger partial charge in [-0.2, -0.15) is 0 Å². The average Bonchev–Trinajstić information content (AvgIpc) is 3.69. The molecule has 43 heavy (non-hydrogen) atoms. The Labute approximate surface area is 270 Å². The molecule has 1 aromatic heterocycles. The lowest BCUT2D eigenvalue weighted by Crippen LogP contribution is -2.14. The SMILES string of the molecule is [2H]c1c([2H])c(-c2c3c([2H])c([2H])c([2H])c([2H])c3c(-c3cccc4oc5ccccc5c34)c3c([2H])c([2H])c([2H])c([2H])c23)c2c(c1[2H])C(C)(C)c1c([2H])c([2H])c(C)c([2H])c1-2. The van der Waals surface area contributed by atoms with E-state index in [4.69, 9.17) is 14.0 Å². The summed E-state index contributed by atoms with van der Waals surface area (Å²) in [6, 6.07) is 5.56. The van der Waals surface area contributed by atoms with Crippen LogP contribution in [0.2, 0.25) is 0 Å². The van der Waals surface area contributed by atoms with Gasteiger partial charge in [-0.25, -0.2) is 0 Å². The Morgan fingerprint density at radius 3 is 1.91 bits per heavy atom. The highest BCUT2D eigenvalue weighted by Gasteiger charge is 2.37. The summed E-state index contributed by atoms with van der Waals surface area (Å²) in [4.78, 5) is 0. The van der Waals surface area contributed by atoms with Gasteiger partial charge in [-0.3, -0.25) is 0 Å². The van der Waals surface area contributed by atoms with E-state index >= 15 is 0 Å². The van der Waals surface area contributed by atoms with Crippen molar-refractivity contribution in [2.24, 2.45) is 0 Å². The number of para-hydroxylation sites is 1. The number of furan rings is 1. The summed E-state index contributed by atoms with van der Waals surface area (Å²) < 4.78 is 135. The largest absolute Gasteiger partial charge is 0.456 e. The Balaban J connectivity index is 1.66. The summed E-state index contributed by atoms with van der Waals surface area (Å²) in [5.41, 5.74) is 0.468. The Kier molecular flexibility index (Phi) is 2.90. The van der Waals surface area contributed by atoms with Crippen LogP contribution in [-0.4, -0.2) is 0 Å². The number of hydrogen-bond acceptors (Lipinski definition) is 1. The summed E-state index contributed by atoms with van der Waals surface area (Å²) in [6.07, 6.45) is 0. The van der Waals surface area contributed by atoms with Crippen LogP contribution < -0.4 is 0 Å². The molecule has 0 unspecified atom stereocenters. The van der Waals surface area contributed by atoms with E-state index in [0.29, 0.717) is 27.5 Å². The predicted molar refractivity (Wildman–Crippen MR) is 182 cm³/mol. The molecule has 204 valence electrons. The van der Waals surface area contributed by atoms with Crippen molar-refractivity contribution in [1.82, 2.24) is 0 Å². The molecule has 0 saturated carbocycles. The van der Waals surface area contributed by atoms with Crippen LogP contribution in [0.4, 0.5) is 0 Å². The van der Waals surface area contributed by atoms with E-state index < -0.39 is 65.8 Å². The molecule has 0 N–H and O–H groups in total. The number of hydrogen-bond donors (Lipinski definition) is 0. The van der Waals surface area contributed by atoms with Crippen LogP contribution >= 0.6 is 0 Å². The van der Waals surface area contributed by atoms with Gasteiger partial charge in [0.15, 0.2) is 0 Å². The van der Waals surface area contributed by atoms with Gasteiger partial charge < -0.3 is 4.42 Å². The van der Waals surface area contributed by atoms with E-state index in [9.17, 15) is 9.60 Å². The highest BCUT2D eigenvalue weighted by atomic mass is 16.3. The van der Waals surface area contributed by atoms with Crippen LogP contribution in [0.25, 0.3) is 76.9 Å². The first-order valence-corrected chi connectivity index (χ1v) is 14.0. The van der Waals surface area contributed by atoms with Gasteiger partial charge in [-0.1, -0.05) is 134 Å². The molecular weight excluding hydrogens is 520 g/mol. The summed E-state index contributed by atoms with van der Waals surface area (Å²) in [7, 11) is 0. The van der Waals surface area contributed by atoms with Gasteiger partial charge in [0, 0.05) is 16.2 Å². The third-order valence-corrected chi connectivity index (χ3v) is 8.61. The first-order valence-electron chi connectivity index (χ1n) is 21.0. The van der Waals surface area contributed by atoms with E-state index in [0.717, 1.165) is 0 Å². The second kappa shape index (κ2) is 8.69. The molecule has 9 rings (SSSR count). The van der Waals surface area contributed by atoms with Crippen LogP contribution in [0, 0.1) is 6.92 Å². The Hall–Kier alpha value is -5.14. The third-order valence-electron chi connectivity index (χ3n) is 8.61. The maximum absolute atomic E-state index is 9.57. The molecule has 1 heterocycles. The second-order valence-corrected chi connectivity index (χ2v) is 11.4. The molecule has 0 amide bonds. The first-order chi connectivity index (χ1) is 26.9. The molecule has 1 aliphatic rings. The van der Waals surface area contributed by atoms with E-state index in [2.05, 4.69) is 0 Å². The molecule has 1 nitrogen and oxygen atoms in total. The quantitative estimate of drug-likeness (QED) is 0.190. The molecule has 0 bridgehead atoms. The van der Waals surface area contributed by atoms with Crippen molar-refractivity contribution in [2.75, 3.05) is 0 Å². The van der Waals surface area contributed by atoms with Crippen LogP contribution in [-0.2, 0) is 5.41 Å². The van der Waals surface area contributed by atoms with Gasteiger partial charge in [0.2, 0.25) is 0 Å². The zero-order valence-corrected chi connectivity index (χ0v) is 23.4. The third kappa shape index (κ3) is 3.28. The standard InChI is InChI=1S/C42H30O/c1-25-22-23-34-33(24-25)40-31(17-10-19-35(40)42(34,2)3)38-26-12-4-6-14-28(26)39(29-15-7-5-13-27(29)38)32-18-11-21-37-41(32)30-16-8-9-20-36(30)43-37/h4-24H,1-3H3/i4D,5D,6D,7D,10D,12D,13D,14D,15D,17D,19D,22D,23D,24D. The lowest BCUT2D eigenvalue weighted by molar-refractivity contribution is 0.660. The summed E-state index contributed by atoms with van der Waals surface area (Å²) in [6.45, 7) is 4.91. The maximum atomic E-state index is 9.57.